The smallest absolute Gasteiger partial charge is 0.226 e. The van der Waals surface area contributed by atoms with Crippen molar-refractivity contribution in [3.8, 4) is 11.3 Å². The molecule has 2 atom stereocenters. The van der Waals surface area contributed by atoms with Gasteiger partial charge in [-0.05, 0) is 67.2 Å². The molecule has 3 heterocycles. The number of aryl methyl sites for hydroxylation is 1. The Morgan fingerprint density at radius 3 is 2.73 bits per heavy atom. The molecule has 2 aromatic carbocycles. The van der Waals surface area contributed by atoms with E-state index in [2.05, 4.69) is 15.6 Å². The Bertz CT molecular complexity index is 1450. The molecule has 1 aliphatic rings. The highest BCUT2D eigenvalue weighted by Crippen LogP contribution is 2.40. The van der Waals surface area contributed by atoms with Gasteiger partial charge in [0.25, 0.3) is 0 Å². The number of amides is 1. The van der Waals surface area contributed by atoms with Gasteiger partial charge in [0.1, 0.15) is 23.4 Å². The van der Waals surface area contributed by atoms with Crippen molar-refractivity contribution < 1.29 is 13.6 Å². The van der Waals surface area contributed by atoms with E-state index in [0.717, 1.165) is 16.8 Å². The fourth-order valence-electron chi connectivity index (χ4n) is 4.37. The highest BCUT2D eigenvalue weighted by atomic mass is 35.5. The average molecular weight is 535 g/mol. The molecule has 0 radical (unpaired) electrons. The van der Waals surface area contributed by atoms with E-state index in [4.69, 9.17) is 28.2 Å². The van der Waals surface area contributed by atoms with Crippen molar-refractivity contribution in [1.29, 1.82) is 0 Å². The van der Waals surface area contributed by atoms with Crippen LogP contribution in [0.15, 0.2) is 83.4 Å². The minimum absolute atomic E-state index is 0.0999. The van der Waals surface area contributed by atoms with Crippen LogP contribution in [0, 0.1) is 12.7 Å². The number of thiocarbonyl (C=S) groups is 1. The van der Waals surface area contributed by atoms with Gasteiger partial charge in [-0.3, -0.25) is 9.78 Å². The number of para-hydroxylation sites is 1. The maximum atomic E-state index is 14.0. The predicted octanol–water partition coefficient (Wildman–Crippen LogP) is 6.44. The van der Waals surface area contributed by atoms with Crippen molar-refractivity contribution in [1.82, 2.24) is 15.2 Å². The topological polar surface area (TPSA) is 70.4 Å². The number of nitrogens with one attached hydrogen (secondary N) is 2. The van der Waals surface area contributed by atoms with Crippen LogP contribution in [-0.2, 0) is 4.79 Å². The summed E-state index contributed by atoms with van der Waals surface area (Å²) < 4.78 is 20.3. The molecule has 0 aliphatic carbocycles. The number of pyridine rings is 1. The molecule has 1 fully saturated rings. The Kier molecular flexibility index (Phi) is 7.21. The minimum Gasteiger partial charge on any atom is -0.459 e. The number of aromatic nitrogens is 1. The van der Waals surface area contributed by atoms with Crippen LogP contribution in [0.1, 0.15) is 35.5 Å². The van der Waals surface area contributed by atoms with Crippen LogP contribution < -0.4 is 10.6 Å². The summed E-state index contributed by atoms with van der Waals surface area (Å²) in [5.74, 6) is 0.542. The number of benzene rings is 2. The van der Waals surface area contributed by atoms with E-state index < -0.39 is 5.82 Å². The molecule has 4 aromatic rings. The van der Waals surface area contributed by atoms with Gasteiger partial charge in [-0.15, -0.1) is 0 Å². The lowest BCUT2D eigenvalue weighted by Crippen LogP contribution is -2.32. The first-order valence-corrected chi connectivity index (χ1v) is 12.6. The molecule has 0 bridgehead atoms. The molecule has 0 unspecified atom stereocenters. The highest BCUT2D eigenvalue weighted by Gasteiger charge is 2.41. The van der Waals surface area contributed by atoms with E-state index in [0.29, 0.717) is 28.2 Å². The van der Waals surface area contributed by atoms with E-state index in [9.17, 15) is 9.18 Å². The van der Waals surface area contributed by atoms with Crippen LogP contribution in [-0.4, -0.2) is 27.4 Å². The van der Waals surface area contributed by atoms with Gasteiger partial charge in [0, 0.05) is 29.7 Å². The van der Waals surface area contributed by atoms with Crippen LogP contribution in [0.5, 0.6) is 0 Å². The molecular formula is C28H24ClFN4O2S. The summed E-state index contributed by atoms with van der Waals surface area (Å²) in [6.07, 6.45) is 1.83. The van der Waals surface area contributed by atoms with E-state index >= 15 is 0 Å². The van der Waals surface area contributed by atoms with Crippen molar-refractivity contribution in [2.24, 2.45) is 0 Å². The SMILES string of the molecule is Cc1ccc(-c2ccc([C@H]3[C@@H](c4ccccn4)NC(=S)N3CCC(=O)Nc3ccccc3F)o2)cc1Cl. The number of hydrogen-bond acceptors (Lipinski definition) is 4. The molecule has 188 valence electrons. The summed E-state index contributed by atoms with van der Waals surface area (Å²) in [5.41, 5.74) is 2.78. The second kappa shape index (κ2) is 10.7. The van der Waals surface area contributed by atoms with Gasteiger partial charge in [-0.1, -0.05) is 41.9 Å². The monoisotopic (exact) mass is 534 g/mol. The molecule has 1 amide bonds. The van der Waals surface area contributed by atoms with Crippen molar-refractivity contribution in [2.45, 2.75) is 25.4 Å². The van der Waals surface area contributed by atoms with Gasteiger partial charge < -0.3 is 20.0 Å². The molecule has 1 aliphatic heterocycles. The van der Waals surface area contributed by atoms with E-state index in [1.54, 1.807) is 18.3 Å². The zero-order valence-corrected chi connectivity index (χ0v) is 21.5. The first-order chi connectivity index (χ1) is 17.9. The molecule has 6 nitrogen and oxygen atoms in total. The standard InChI is InChI=1S/C28H24ClFN4O2S/c1-17-9-10-18(16-19(17)29)23-11-12-24(36-23)27-26(22-8-4-5-14-31-22)33-28(37)34(27)15-13-25(35)32-21-7-3-2-6-20(21)30/h2-12,14,16,26-27H,13,15H2,1H3,(H,32,35)(H,33,37)/t26-,27+/m1/s1. The molecule has 1 saturated heterocycles. The van der Waals surface area contributed by atoms with Gasteiger partial charge in [-0.2, -0.15) is 0 Å². The van der Waals surface area contributed by atoms with Crippen LogP contribution in [0.2, 0.25) is 5.02 Å². The number of anilines is 1. The number of hydrogen-bond donors (Lipinski definition) is 2. The van der Waals surface area contributed by atoms with Crippen LogP contribution in [0.3, 0.4) is 0 Å². The third-order valence-corrected chi connectivity index (χ3v) is 7.06. The molecule has 9 heteroatoms. The van der Waals surface area contributed by atoms with Crippen molar-refractivity contribution in [2.75, 3.05) is 11.9 Å². The molecule has 37 heavy (non-hydrogen) atoms. The Morgan fingerprint density at radius 1 is 1.16 bits per heavy atom. The fraction of sp³-hybridized carbons (Fsp3) is 0.179. The Morgan fingerprint density at radius 2 is 1.97 bits per heavy atom. The zero-order chi connectivity index (χ0) is 25.9. The van der Waals surface area contributed by atoms with Crippen molar-refractivity contribution in [3.63, 3.8) is 0 Å². The second-order valence-corrected chi connectivity index (χ2v) is 9.56. The summed E-state index contributed by atoms with van der Waals surface area (Å²) in [6.45, 7) is 2.25. The lowest BCUT2D eigenvalue weighted by molar-refractivity contribution is -0.116. The average Bonchev–Trinajstić information content (AvgIpc) is 3.51. The van der Waals surface area contributed by atoms with Gasteiger partial charge in [0.15, 0.2) is 5.11 Å². The summed E-state index contributed by atoms with van der Waals surface area (Å²) in [7, 11) is 0. The summed E-state index contributed by atoms with van der Waals surface area (Å²) in [6, 6.07) is 20.7. The van der Waals surface area contributed by atoms with Gasteiger partial charge in [0.2, 0.25) is 5.91 Å². The Balaban J connectivity index is 1.41. The lowest BCUT2D eigenvalue weighted by Gasteiger charge is -2.25. The van der Waals surface area contributed by atoms with Gasteiger partial charge in [-0.25, -0.2) is 4.39 Å². The van der Waals surface area contributed by atoms with E-state index in [1.165, 1.54) is 12.1 Å². The minimum atomic E-state index is -0.485. The maximum Gasteiger partial charge on any atom is 0.226 e. The number of carbonyl (C=O) groups is 1. The summed E-state index contributed by atoms with van der Waals surface area (Å²) >= 11 is 12.0. The number of rotatable bonds is 7. The summed E-state index contributed by atoms with van der Waals surface area (Å²) in [5, 5.41) is 7.11. The van der Waals surface area contributed by atoms with Crippen molar-refractivity contribution >= 4 is 40.5 Å². The first kappa shape index (κ1) is 24.9. The lowest BCUT2D eigenvalue weighted by atomic mass is 10.0. The molecular weight excluding hydrogens is 511 g/mol. The third-order valence-electron chi connectivity index (χ3n) is 6.30. The second-order valence-electron chi connectivity index (χ2n) is 8.76. The van der Waals surface area contributed by atoms with Gasteiger partial charge >= 0.3 is 0 Å². The normalized spacial score (nSPS) is 17.1. The van der Waals surface area contributed by atoms with E-state index in [1.807, 2.05) is 60.4 Å². The zero-order valence-electron chi connectivity index (χ0n) is 19.9. The number of carbonyl (C=O) groups excluding carboxylic acids is 1. The third kappa shape index (κ3) is 5.35. The molecule has 5 rings (SSSR count). The van der Waals surface area contributed by atoms with Crippen LogP contribution in [0.4, 0.5) is 10.1 Å². The number of furan rings is 1. The number of halogens is 2. The Hall–Kier alpha value is -3.75. The fourth-order valence-corrected chi connectivity index (χ4v) is 4.88. The van der Waals surface area contributed by atoms with Crippen molar-refractivity contribution in [3.05, 3.63) is 107 Å². The molecule has 2 aromatic heterocycles. The quantitative estimate of drug-likeness (QED) is 0.266. The maximum absolute atomic E-state index is 14.0. The van der Waals surface area contributed by atoms with Gasteiger partial charge in [0.05, 0.1) is 17.4 Å². The van der Waals surface area contributed by atoms with Crippen LogP contribution in [0.25, 0.3) is 11.3 Å². The molecule has 2 N–H and O–H groups in total. The van der Waals surface area contributed by atoms with E-state index in [-0.39, 0.29) is 30.1 Å². The molecule has 0 saturated carbocycles. The highest BCUT2D eigenvalue weighted by molar-refractivity contribution is 7.80. The number of nitrogens with zero attached hydrogens (tertiary/aromatic N) is 2. The summed E-state index contributed by atoms with van der Waals surface area (Å²) in [4.78, 5) is 19.1. The largest absolute Gasteiger partial charge is 0.459 e. The predicted molar refractivity (Wildman–Crippen MR) is 146 cm³/mol. The van der Waals surface area contributed by atoms with Crippen LogP contribution >= 0.6 is 23.8 Å². The molecule has 0 spiro atoms. The first-order valence-electron chi connectivity index (χ1n) is 11.8. The Labute approximate surface area is 224 Å².